The fourth-order valence-electron chi connectivity index (χ4n) is 3.42. The third-order valence-electron chi connectivity index (χ3n) is 4.92. The largest absolute Gasteiger partial charge is 0.466 e. The van der Waals surface area contributed by atoms with Gasteiger partial charge in [-0.2, -0.15) is 0 Å². The van der Waals surface area contributed by atoms with Gasteiger partial charge in [0.15, 0.2) is 0 Å². The molecule has 2 heterocycles. The maximum atomic E-state index is 12.8. The van der Waals surface area contributed by atoms with Gasteiger partial charge in [-0.1, -0.05) is 15.9 Å². The predicted molar refractivity (Wildman–Crippen MR) is 121 cm³/mol. The number of aryl methyl sites for hydroxylation is 2. The van der Waals surface area contributed by atoms with Crippen molar-refractivity contribution in [2.75, 3.05) is 6.61 Å². The van der Waals surface area contributed by atoms with Gasteiger partial charge in [-0.3, -0.25) is 4.79 Å². The number of benzene rings is 2. The van der Waals surface area contributed by atoms with Crippen LogP contribution >= 0.6 is 15.9 Å². The predicted octanol–water partition coefficient (Wildman–Crippen LogP) is 5.33. The molecule has 0 N–H and O–H groups in total. The van der Waals surface area contributed by atoms with Gasteiger partial charge in [0.2, 0.25) is 5.76 Å². The van der Waals surface area contributed by atoms with Crippen molar-refractivity contribution in [3.8, 4) is 5.75 Å². The van der Waals surface area contributed by atoms with E-state index < -0.39 is 11.6 Å². The molecule has 0 amide bonds. The molecule has 0 saturated heterocycles. The van der Waals surface area contributed by atoms with Crippen molar-refractivity contribution in [2.24, 2.45) is 0 Å². The van der Waals surface area contributed by atoms with Crippen LogP contribution in [0.4, 0.5) is 0 Å². The van der Waals surface area contributed by atoms with Crippen molar-refractivity contribution in [2.45, 2.75) is 26.7 Å². The third kappa shape index (κ3) is 4.60. The molecule has 0 aliphatic carbocycles. The Morgan fingerprint density at radius 1 is 1.03 bits per heavy atom. The van der Waals surface area contributed by atoms with Crippen LogP contribution in [0.25, 0.3) is 21.9 Å². The maximum Gasteiger partial charge on any atom is 0.379 e. The highest BCUT2D eigenvalue weighted by atomic mass is 79.9. The summed E-state index contributed by atoms with van der Waals surface area (Å²) in [6, 6.07) is 11.6. The summed E-state index contributed by atoms with van der Waals surface area (Å²) < 4.78 is 22.4. The summed E-state index contributed by atoms with van der Waals surface area (Å²) in [6.45, 7) is 3.80. The molecule has 0 aliphatic rings. The van der Waals surface area contributed by atoms with Crippen molar-refractivity contribution in [3.63, 3.8) is 0 Å². The molecule has 4 aromatic rings. The molecule has 32 heavy (non-hydrogen) atoms. The van der Waals surface area contributed by atoms with Crippen LogP contribution in [0.3, 0.4) is 0 Å². The number of rotatable bonds is 6. The lowest BCUT2D eigenvalue weighted by molar-refractivity contribution is -0.143. The van der Waals surface area contributed by atoms with Crippen LogP contribution in [-0.4, -0.2) is 18.5 Å². The lowest BCUT2D eigenvalue weighted by Gasteiger charge is -2.11. The van der Waals surface area contributed by atoms with Crippen molar-refractivity contribution < 1.29 is 27.9 Å². The van der Waals surface area contributed by atoms with Gasteiger partial charge < -0.3 is 18.3 Å². The number of carbonyl (C=O) groups is 2. The SMILES string of the molecule is CCOC(=O)CCc1cc2c(C)cc(=O)oc2cc1OC(=O)c1cc2cc(Br)ccc2o1. The molecule has 2 aromatic carbocycles. The first-order chi connectivity index (χ1) is 15.3. The fraction of sp³-hybridized carbons (Fsp3) is 0.208. The number of hydrogen-bond donors (Lipinski definition) is 0. The molecule has 0 radical (unpaired) electrons. The Bertz CT molecular complexity index is 1400. The van der Waals surface area contributed by atoms with E-state index in [0.29, 0.717) is 16.5 Å². The molecule has 0 saturated carbocycles. The number of furan rings is 1. The van der Waals surface area contributed by atoms with Gasteiger partial charge in [0, 0.05) is 33.8 Å². The minimum Gasteiger partial charge on any atom is -0.466 e. The number of fused-ring (bicyclic) bond motifs is 2. The van der Waals surface area contributed by atoms with Crippen LogP contribution in [0.1, 0.15) is 35.0 Å². The first-order valence-electron chi connectivity index (χ1n) is 9.98. The minimum absolute atomic E-state index is 0.0280. The van der Waals surface area contributed by atoms with Gasteiger partial charge in [0.1, 0.15) is 16.9 Å². The van der Waals surface area contributed by atoms with Gasteiger partial charge in [-0.15, -0.1) is 0 Å². The van der Waals surface area contributed by atoms with E-state index >= 15 is 0 Å². The Kier molecular flexibility index (Phi) is 6.14. The second-order valence-corrected chi connectivity index (χ2v) is 8.11. The Balaban J connectivity index is 1.70. The molecule has 4 rings (SSSR count). The zero-order chi connectivity index (χ0) is 22.8. The molecule has 0 aliphatic heterocycles. The van der Waals surface area contributed by atoms with Gasteiger partial charge >= 0.3 is 17.6 Å². The van der Waals surface area contributed by atoms with Crippen LogP contribution < -0.4 is 10.4 Å². The first-order valence-corrected chi connectivity index (χ1v) is 10.8. The number of esters is 2. The summed E-state index contributed by atoms with van der Waals surface area (Å²) in [4.78, 5) is 36.5. The molecule has 7 nitrogen and oxygen atoms in total. The van der Waals surface area contributed by atoms with Crippen LogP contribution in [0.2, 0.25) is 0 Å². The highest BCUT2D eigenvalue weighted by molar-refractivity contribution is 9.10. The molecular formula is C24H19BrO7. The second-order valence-electron chi connectivity index (χ2n) is 7.19. The van der Waals surface area contributed by atoms with Crippen LogP contribution in [-0.2, 0) is 16.0 Å². The molecular weight excluding hydrogens is 480 g/mol. The first kappa shape index (κ1) is 21.8. The average Bonchev–Trinajstić information content (AvgIpc) is 3.16. The topological polar surface area (TPSA) is 96.0 Å². The van der Waals surface area contributed by atoms with Gasteiger partial charge in [-0.25, -0.2) is 9.59 Å². The Hall–Kier alpha value is -3.39. The Morgan fingerprint density at radius 2 is 1.84 bits per heavy atom. The summed E-state index contributed by atoms with van der Waals surface area (Å²) in [7, 11) is 0. The van der Waals surface area contributed by atoms with E-state index in [4.69, 9.17) is 18.3 Å². The van der Waals surface area contributed by atoms with Crippen molar-refractivity contribution >= 4 is 49.8 Å². The number of hydrogen-bond acceptors (Lipinski definition) is 7. The number of carbonyl (C=O) groups excluding carboxylic acids is 2. The number of halogens is 1. The van der Waals surface area contributed by atoms with Crippen LogP contribution in [0, 0.1) is 6.92 Å². The lowest BCUT2D eigenvalue weighted by atomic mass is 10.0. The van der Waals surface area contributed by atoms with Gasteiger partial charge in [0.05, 0.1) is 6.61 Å². The average molecular weight is 499 g/mol. The molecule has 8 heteroatoms. The molecule has 2 aromatic heterocycles. The quantitative estimate of drug-likeness (QED) is 0.201. The van der Waals surface area contributed by atoms with Crippen molar-refractivity contribution in [1.82, 2.24) is 0 Å². The van der Waals surface area contributed by atoms with Crippen LogP contribution in [0.5, 0.6) is 5.75 Å². The van der Waals surface area contributed by atoms with Crippen molar-refractivity contribution in [1.29, 1.82) is 0 Å². The molecule has 0 spiro atoms. The zero-order valence-electron chi connectivity index (χ0n) is 17.4. The standard InChI is InChI=1S/C24H19BrO7/c1-3-29-22(26)7-4-14-10-17-13(2)8-23(27)31-20(17)12-19(14)32-24(28)21-11-15-9-16(25)5-6-18(15)30-21/h5-6,8-12H,3-4,7H2,1-2H3. The van der Waals surface area contributed by atoms with E-state index in [1.807, 2.05) is 12.1 Å². The summed E-state index contributed by atoms with van der Waals surface area (Å²) >= 11 is 3.39. The van der Waals surface area contributed by atoms with E-state index in [9.17, 15) is 14.4 Å². The monoisotopic (exact) mass is 498 g/mol. The maximum absolute atomic E-state index is 12.8. The molecule has 164 valence electrons. The molecule has 0 fully saturated rings. The Morgan fingerprint density at radius 3 is 2.62 bits per heavy atom. The summed E-state index contributed by atoms with van der Waals surface area (Å²) in [5.74, 6) is -0.851. The summed E-state index contributed by atoms with van der Waals surface area (Å²) in [5.41, 5.74) is 1.65. The number of ether oxygens (including phenoxy) is 2. The minimum atomic E-state index is -0.705. The van der Waals surface area contributed by atoms with Gasteiger partial charge in [0.25, 0.3) is 0 Å². The highest BCUT2D eigenvalue weighted by Gasteiger charge is 2.19. The summed E-state index contributed by atoms with van der Waals surface area (Å²) in [6.07, 6.45) is 0.390. The van der Waals surface area contributed by atoms with E-state index in [1.165, 1.54) is 12.1 Å². The Labute approximate surface area is 191 Å². The van der Waals surface area contributed by atoms with E-state index in [2.05, 4.69) is 15.9 Å². The smallest absolute Gasteiger partial charge is 0.379 e. The van der Waals surface area contributed by atoms with E-state index in [-0.39, 0.29) is 42.5 Å². The fourth-order valence-corrected chi connectivity index (χ4v) is 3.80. The van der Waals surface area contributed by atoms with Crippen LogP contribution in [0.15, 0.2) is 60.6 Å². The second kappa shape index (κ2) is 9.00. The normalized spacial score (nSPS) is 11.1. The zero-order valence-corrected chi connectivity index (χ0v) is 19.0. The van der Waals surface area contributed by atoms with Gasteiger partial charge in [-0.05, 0) is 61.7 Å². The van der Waals surface area contributed by atoms with Crippen molar-refractivity contribution in [3.05, 3.63) is 74.2 Å². The van der Waals surface area contributed by atoms with E-state index in [1.54, 1.807) is 32.0 Å². The summed E-state index contributed by atoms with van der Waals surface area (Å²) in [5, 5.41) is 1.44. The molecule has 0 atom stereocenters. The highest BCUT2D eigenvalue weighted by Crippen LogP contribution is 2.30. The third-order valence-corrected chi connectivity index (χ3v) is 5.41. The van der Waals surface area contributed by atoms with E-state index in [0.717, 1.165) is 15.4 Å². The molecule has 0 unspecified atom stereocenters. The lowest BCUT2D eigenvalue weighted by Crippen LogP contribution is -2.11. The molecule has 0 bridgehead atoms.